The maximum Gasteiger partial charge on any atom is 0.264 e. The van der Waals surface area contributed by atoms with E-state index < -0.39 is 34.3 Å². The molecule has 0 radical (unpaired) electrons. The summed E-state index contributed by atoms with van der Waals surface area (Å²) >= 11 is 6.27. The lowest BCUT2D eigenvalue weighted by molar-refractivity contribution is -0.140. The Bertz CT molecular complexity index is 1460. The first-order valence-electron chi connectivity index (χ1n) is 13.8. The van der Waals surface area contributed by atoms with Gasteiger partial charge in [-0.3, -0.25) is 13.9 Å². The smallest absolute Gasteiger partial charge is 0.264 e. The van der Waals surface area contributed by atoms with Gasteiger partial charge in [-0.25, -0.2) is 12.8 Å². The molecule has 0 aromatic heterocycles. The number of nitrogens with zero attached hydrogens (tertiary/aromatic N) is 2. The molecule has 0 bridgehead atoms. The third-order valence-electron chi connectivity index (χ3n) is 7.40. The van der Waals surface area contributed by atoms with Crippen LogP contribution in [-0.2, 0) is 26.2 Å². The number of rotatable bonds is 11. The van der Waals surface area contributed by atoms with Crippen LogP contribution in [0.25, 0.3) is 0 Å². The minimum atomic E-state index is -4.19. The quantitative estimate of drug-likeness (QED) is 0.300. The van der Waals surface area contributed by atoms with E-state index in [-0.39, 0.29) is 29.1 Å². The van der Waals surface area contributed by atoms with Crippen LogP contribution in [0.2, 0.25) is 5.02 Å². The number of sulfonamides is 1. The number of halogens is 2. The van der Waals surface area contributed by atoms with Gasteiger partial charge in [0.15, 0.2) is 0 Å². The highest BCUT2D eigenvalue weighted by molar-refractivity contribution is 7.92. The van der Waals surface area contributed by atoms with Crippen LogP contribution in [-0.4, -0.2) is 43.8 Å². The van der Waals surface area contributed by atoms with Crippen molar-refractivity contribution in [1.82, 2.24) is 10.2 Å². The molecule has 1 saturated carbocycles. The van der Waals surface area contributed by atoms with Gasteiger partial charge in [0.1, 0.15) is 18.4 Å². The maximum atomic E-state index is 14.1. The van der Waals surface area contributed by atoms with Gasteiger partial charge in [-0.15, -0.1) is 0 Å². The number of amides is 2. The first kappa shape index (κ1) is 30.5. The molecule has 0 aliphatic heterocycles. The predicted molar refractivity (Wildman–Crippen MR) is 159 cm³/mol. The number of carbonyl (C=O) groups excluding carboxylic acids is 2. The molecule has 0 saturated heterocycles. The summed E-state index contributed by atoms with van der Waals surface area (Å²) in [5.41, 5.74) is 1.49. The molecular weight excluding hydrogens is 565 g/mol. The molecule has 3 aromatic rings. The van der Waals surface area contributed by atoms with E-state index in [0.29, 0.717) is 22.6 Å². The van der Waals surface area contributed by atoms with Crippen LogP contribution < -0.4 is 9.62 Å². The van der Waals surface area contributed by atoms with Crippen LogP contribution in [0.5, 0.6) is 0 Å². The van der Waals surface area contributed by atoms with Crippen LogP contribution in [0.3, 0.4) is 0 Å². The van der Waals surface area contributed by atoms with Crippen molar-refractivity contribution >= 4 is 39.1 Å². The van der Waals surface area contributed by atoms with Gasteiger partial charge in [0.05, 0.1) is 10.6 Å². The van der Waals surface area contributed by atoms with Crippen LogP contribution in [0, 0.1) is 12.7 Å². The Kier molecular flexibility index (Phi) is 10.0. The monoisotopic (exact) mass is 599 g/mol. The second-order valence-electron chi connectivity index (χ2n) is 10.3. The van der Waals surface area contributed by atoms with Crippen molar-refractivity contribution in [2.75, 3.05) is 10.8 Å². The molecule has 0 spiro atoms. The lowest BCUT2D eigenvalue weighted by atomic mass is 10.1. The zero-order valence-electron chi connectivity index (χ0n) is 23.2. The van der Waals surface area contributed by atoms with Gasteiger partial charge in [-0.1, -0.05) is 67.8 Å². The standard InChI is InChI=1S/C31H35ClFN3O4S/c1-3-28(31(38)34-26-9-7-8-10-26)35(20-23-14-17-25(33)18-15-23)30(37)21-36(29-19-24(32)16-13-22(29)2)41(39,40)27-11-5-4-6-12-27/h4-6,11-19,26,28H,3,7-10,20-21H2,1-2H3,(H,34,38)/t28-/m1/s1. The van der Waals surface area contributed by atoms with Crippen molar-refractivity contribution in [3.63, 3.8) is 0 Å². The van der Waals surface area contributed by atoms with Crippen molar-refractivity contribution in [3.05, 3.63) is 94.8 Å². The highest BCUT2D eigenvalue weighted by Gasteiger charge is 2.35. The second-order valence-corrected chi connectivity index (χ2v) is 12.6. The van der Waals surface area contributed by atoms with Crippen LogP contribution >= 0.6 is 11.6 Å². The van der Waals surface area contributed by atoms with Crippen molar-refractivity contribution in [3.8, 4) is 0 Å². The average Bonchev–Trinajstić information content (AvgIpc) is 3.47. The minimum Gasteiger partial charge on any atom is -0.352 e. The number of hydrogen-bond donors (Lipinski definition) is 1. The first-order valence-corrected chi connectivity index (χ1v) is 15.6. The van der Waals surface area contributed by atoms with Crippen molar-refractivity contribution < 1.29 is 22.4 Å². The van der Waals surface area contributed by atoms with Crippen molar-refractivity contribution in [1.29, 1.82) is 0 Å². The lowest BCUT2D eigenvalue weighted by Gasteiger charge is -2.34. The lowest BCUT2D eigenvalue weighted by Crippen LogP contribution is -2.53. The summed E-state index contributed by atoms with van der Waals surface area (Å²) in [5, 5.41) is 3.39. The topological polar surface area (TPSA) is 86.8 Å². The molecule has 2 amide bonds. The fourth-order valence-corrected chi connectivity index (χ4v) is 6.82. The Morgan fingerprint density at radius 1 is 1.02 bits per heavy atom. The van der Waals surface area contributed by atoms with E-state index in [0.717, 1.165) is 30.0 Å². The average molecular weight is 600 g/mol. The summed E-state index contributed by atoms with van der Waals surface area (Å²) in [6.45, 7) is 2.99. The summed E-state index contributed by atoms with van der Waals surface area (Å²) in [6, 6.07) is 17.6. The molecule has 41 heavy (non-hydrogen) atoms. The van der Waals surface area contributed by atoms with E-state index in [2.05, 4.69) is 5.32 Å². The molecular formula is C31H35ClFN3O4S. The predicted octanol–water partition coefficient (Wildman–Crippen LogP) is 5.85. The summed E-state index contributed by atoms with van der Waals surface area (Å²) < 4.78 is 42.6. The molecule has 1 aliphatic carbocycles. The molecule has 7 nitrogen and oxygen atoms in total. The first-order chi connectivity index (χ1) is 19.6. The maximum absolute atomic E-state index is 14.1. The second kappa shape index (κ2) is 13.5. The summed E-state index contributed by atoms with van der Waals surface area (Å²) in [5.74, 6) is -1.28. The summed E-state index contributed by atoms with van der Waals surface area (Å²) in [7, 11) is -4.19. The van der Waals surface area contributed by atoms with E-state index in [1.807, 2.05) is 6.92 Å². The van der Waals surface area contributed by atoms with Crippen LogP contribution in [0.15, 0.2) is 77.7 Å². The molecule has 218 valence electrons. The molecule has 0 unspecified atom stereocenters. The number of hydrogen-bond acceptors (Lipinski definition) is 4. The molecule has 1 atom stereocenters. The molecule has 1 fully saturated rings. The third-order valence-corrected chi connectivity index (χ3v) is 9.41. The fourth-order valence-electron chi connectivity index (χ4n) is 5.16. The Morgan fingerprint density at radius 2 is 1.68 bits per heavy atom. The van der Waals surface area contributed by atoms with Gasteiger partial charge in [0.2, 0.25) is 11.8 Å². The molecule has 4 rings (SSSR count). The van der Waals surface area contributed by atoms with Gasteiger partial charge in [0.25, 0.3) is 10.0 Å². The SMILES string of the molecule is CC[C@H](C(=O)NC1CCCC1)N(Cc1ccc(F)cc1)C(=O)CN(c1cc(Cl)ccc1C)S(=O)(=O)c1ccccc1. The Balaban J connectivity index is 1.73. The van der Waals surface area contributed by atoms with Gasteiger partial charge in [-0.05, 0) is 73.7 Å². The van der Waals surface area contributed by atoms with Gasteiger partial charge in [0, 0.05) is 17.6 Å². The van der Waals surface area contributed by atoms with Gasteiger partial charge >= 0.3 is 0 Å². The van der Waals surface area contributed by atoms with Gasteiger partial charge < -0.3 is 10.2 Å². The molecule has 1 N–H and O–H groups in total. The zero-order chi connectivity index (χ0) is 29.6. The van der Waals surface area contributed by atoms with E-state index >= 15 is 0 Å². The highest BCUT2D eigenvalue weighted by atomic mass is 35.5. The van der Waals surface area contributed by atoms with E-state index in [9.17, 15) is 22.4 Å². The highest BCUT2D eigenvalue weighted by Crippen LogP contribution is 2.30. The van der Waals surface area contributed by atoms with Crippen LogP contribution in [0.1, 0.15) is 50.2 Å². The minimum absolute atomic E-state index is 0.00343. The van der Waals surface area contributed by atoms with Gasteiger partial charge in [-0.2, -0.15) is 0 Å². The molecule has 0 heterocycles. The number of aryl methyl sites for hydroxylation is 1. The zero-order valence-corrected chi connectivity index (χ0v) is 24.8. The summed E-state index contributed by atoms with van der Waals surface area (Å²) in [6.07, 6.45) is 4.14. The van der Waals surface area contributed by atoms with E-state index in [1.165, 1.54) is 35.2 Å². The Morgan fingerprint density at radius 3 is 2.32 bits per heavy atom. The molecule has 10 heteroatoms. The normalized spacial score (nSPS) is 14.4. The van der Waals surface area contributed by atoms with Crippen molar-refractivity contribution in [2.24, 2.45) is 0 Å². The molecule has 3 aromatic carbocycles. The number of carbonyl (C=O) groups is 2. The molecule has 1 aliphatic rings. The van der Waals surface area contributed by atoms with Crippen molar-refractivity contribution in [2.45, 2.75) is 69.5 Å². The van der Waals surface area contributed by atoms with E-state index in [1.54, 1.807) is 49.4 Å². The Hall–Kier alpha value is -3.43. The number of nitrogens with one attached hydrogen (secondary N) is 1. The van der Waals surface area contributed by atoms with E-state index in [4.69, 9.17) is 11.6 Å². The Labute approximate surface area is 246 Å². The largest absolute Gasteiger partial charge is 0.352 e. The number of benzene rings is 3. The summed E-state index contributed by atoms with van der Waals surface area (Å²) in [4.78, 5) is 29.0. The third kappa shape index (κ3) is 7.45. The fraction of sp³-hybridized carbons (Fsp3) is 0.355. The van der Waals surface area contributed by atoms with Crippen LogP contribution in [0.4, 0.5) is 10.1 Å². The number of anilines is 1.